The summed E-state index contributed by atoms with van der Waals surface area (Å²) in [6, 6.07) is 0. The maximum absolute atomic E-state index is 6.08. The molecular formula is C10H15ClN2. The normalized spacial score (nSPS) is 21.6. The molecule has 72 valence electrons. The first-order chi connectivity index (χ1) is 6.22. The Morgan fingerprint density at radius 2 is 2.38 bits per heavy atom. The van der Waals surface area contributed by atoms with Gasteiger partial charge in [0.15, 0.2) is 5.15 Å². The third kappa shape index (κ3) is 1.48. The zero-order valence-electron chi connectivity index (χ0n) is 8.18. The molecule has 0 aliphatic carbocycles. The van der Waals surface area contributed by atoms with Crippen LogP contribution in [0.3, 0.4) is 0 Å². The average molecular weight is 199 g/mol. The zero-order valence-corrected chi connectivity index (χ0v) is 8.93. The van der Waals surface area contributed by atoms with E-state index >= 15 is 0 Å². The topological polar surface area (TPSA) is 17.8 Å². The molecule has 3 heteroatoms. The predicted molar refractivity (Wildman–Crippen MR) is 54.1 cm³/mol. The Hall–Kier alpha value is -0.500. The molecule has 0 N–H and O–H groups in total. The first kappa shape index (κ1) is 9.07. The lowest BCUT2D eigenvalue weighted by atomic mass is 9.98. The van der Waals surface area contributed by atoms with Gasteiger partial charge in [-0.25, -0.2) is 4.98 Å². The summed E-state index contributed by atoms with van der Waals surface area (Å²) in [7, 11) is 0. The van der Waals surface area contributed by atoms with Gasteiger partial charge in [-0.2, -0.15) is 0 Å². The Balaban J connectivity index is 2.42. The first-order valence-electron chi connectivity index (χ1n) is 4.96. The van der Waals surface area contributed by atoms with Crippen LogP contribution >= 0.6 is 11.6 Å². The van der Waals surface area contributed by atoms with E-state index in [0.717, 1.165) is 36.3 Å². The molecule has 0 bridgehead atoms. The van der Waals surface area contributed by atoms with Crippen LogP contribution in [-0.4, -0.2) is 9.55 Å². The van der Waals surface area contributed by atoms with E-state index in [4.69, 9.17) is 11.6 Å². The Morgan fingerprint density at radius 3 is 3.08 bits per heavy atom. The molecule has 0 fully saturated rings. The van der Waals surface area contributed by atoms with Crippen molar-refractivity contribution in [3.8, 4) is 0 Å². The molecule has 1 aliphatic rings. The summed E-state index contributed by atoms with van der Waals surface area (Å²) < 4.78 is 2.29. The molecule has 0 spiro atoms. The molecule has 0 amide bonds. The second-order valence-electron chi connectivity index (χ2n) is 3.87. The molecule has 0 aromatic carbocycles. The third-order valence-corrected chi connectivity index (χ3v) is 3.11. The Morgan fingerprint density at radius 1 is 1.62 bits per heavy atom. The molecular weight excluding hydrogens is 184 g/mol. The van der Waals surface area contributed by atoms with Crippen LogP contribution in [0.25, 0.3) is 0 Å². The smallest absolute Gasteiger partial charge is 0.150 e. The van der Waals surface area contributed by atoms with Crippen LogP contribution in [0.15, 0.2) is 0 Å². The highest BCUT2D eigenvalue weighted by molar-refractivity contribution is 6.30. The summed E-state index contributed by atoms with van der Waals surface area (Å²) in [5.74, 6) is 1.90. The molecule has 13 heavy (non-hydrogen) atoms. The van der Waals surface area contributed by atoms with E-state index < -0.39 is 0 Å². The molecule has 1 atom stereocenters. The summed E-state index contributed by atoms with van der Waals surface area (Å²) >= 11 is 6.08. The maximum Gasteiger partial charge on any atom is 0.150 e. The lowest BCUT2D eigenvalue weighted by Gasteiger charge is -2.21. The molecule has 1 unspecified atom stereocenters. The fraction of sp³-hybridized carbons (Fsp3) is 0.700. The molecule has 2 heterocycles. The van der Waals surface area contributed by atoms with Crippen molar-refractivity contribution >= 4 is 11.6 Å². The van der Waals surface area contributed by atoms with Crippen LogP contribution in [-0.2, 0) is 19.4 Å². The molecule has 0 saturated carbocycles. The molecule has 0 radical (unpaired) electrons. The van der Waals surface area contributed by atoms with E-state index in [2.05, 4.69) is 23.4 Å². The number of hydrogen-bond donors (Lipinski definition) is 0. The lowest BCUT2D eigenvalue weighted by Crippen LogP contribution is -2.18. The number of hydrogen-bond acceptors (Lipinski definition) is 1. The summed E-state index contributed by atoms with van der Waals surface area (Å²) in [5.41, 5.74) is 1.25. The van der Waals surface area contributed by atoms with Crippen molar-refractivity contribution in [2.75, 3.05) is 0 Å². The van der Waals surface area contributed by atoms with Gasteiger partial charge in [-0.05, 0) is 18.8 Å². The van der Waals surface area contributed by atoms with E-state index in [0.29, 0.717) is 0 Å². The van der Waals surface area contributed by atoms with Crippen molar-refractivity contribution in [2.45, 2.75) is 39.7 Å². The van der Waals surface area contributed by atoms with E-state index in [-0.39, 0.29) is 0 Å². The van der Waals surface area contributed by atoms with E-state index in [1.54, 1.807) is 0 Å². The van der Waals surface area contributed by atoms with Crippen molar-refractivity contribution in [3.63, 3.8) is 0 Å². The maximum atomic E-state index is 6.08. The van der Waals surface area contributed by atoms with Crippen molar-refractivity contribution < 1.29 is 0 Å². The van der Waals surface area contributed by atoms with Gasteiger partial charge in [0.1, 0.15) is 5.82 Å². The van der Waals surface area contributed by atoms with Gasteiger partial charge >= 0.3 is 0 Å². The molecule has 2 rings (SSSR count). The monoisotopic (exact) mass is 198 g/mol. The Kier molecular flexibility index (Phi) is 2.33. The minimum Gasteiger partial charge on any atom is -0.331 e. The van der Waals surface area contributed by atoms with Gasteiger partial charge in [0.25, 0.3) is 0 Å². The number of aromatic nitrogens is 2. The minimum atomic E-state index is 0.725. The van der Waals surface area contributed by atoms with Gasteiger partial charge in [0, 0.05) is 13.0 Å². The highest BCUT2D eigenvalue weighted by Gasteiger charge is 2.21. The summed E-state index contributed by atoms with van der Waals surface area (Å²) in [5, 5.41) is 0.725. The second kappa shape index (κ2) is 3.33. The highest BCUT2D eigenvalue weighted by atomic mass is 35.5. The van der Waals surface area contributed by atoms with Crippen LogP contribution in [0.1, 0.15) is 31.8 Å². The minimum absolute atomic E-state index is 0.725. The number of rotatable bonds is 1. The molecule has 1 aliphatic heterocycles. The largest absolute Gasteiger partial charge is 0.331 e. The van der Waals surface area contributed by atoms with Crippen molar-refractivity contribution in [3.05, 3.63) is 16.7 Å². The standard InChI is InChI=1S/C10H15ClN2/c1-3-9-12-10(11)8-6-7(2)4-5-13(8)9/h7H,3-6H2,1-2H3. The van der Waals surface area contributed by atoms with Crippen molar-refractivity contribution in [1.29, 1.82) is 0 Å². The van der Waals surface area contributed by atoms with Crippen LogP contribution in [0.5, 0.6) is 0 Å². The van der Waals surface area contributed by atoms with Gasteiger partial charge in [0.05, 0.1) is 5.69 Å². The lowest BCUT2D eigenvalue weighted by molar-refractivity contribution is 0.409. The van der Waals surface area contributed by atoms with Gasteiger partial charge in [0.2, 0.25) is 0 Å². The van der Waals surface area contributed by atoms with Crippen molar-refractivity contribution in [1.82, 2.24) is 9.55 Å². The van der Waals surface area contributed by atoms with E-state index in [9.17, 15) is 0 Å². The zero-order chi connectivity index (χ0) is 9.42. The Bertz CT molecular complexity index is 317. The van der Waals surface area contributed by atoms with Crippen LogP contribution < -0.4 is 0 Å². The number of nitrogens with zero attached hydrogens (tertiary/aromatic N) is 2. The van der Waals surface area contributed by atoms with Gasteiger partial charge < -0.3 is 4.57 Å². The predicted octanol–water partition coefficient (Wildman–Crippen LogP) is 2.68. The van der Waals surface area contributed by atoms with Crippen molar-refractivity contribution in [2.24, 2.45) is 5.92 Å². The number of aryl methyl sites for hydroxylation is 1. The summed E-state index contributed by atoms with van der Waals surface area (Å²) in [6.07, 6.45) is 3.33. The SMILES string of the molecule is CCc1nc(Cl)c2n1CCC(C)C2. The van der Waals surface area contributed by atoms with Gasteiger partial charge in [-0.15, -0.1) is 0 Å². The quantitative estimate of drug-likeness (QED) is 0.679. The summed E-state index contributed by atoms with van der Waals surface area (Å²) in [4.78, 5) is 4.37. The molecule has 2 nitrogen and oxygen atoms in total. The summed E-state index contributed by atoms with van der Waals surface area (Å²) in [6.45, 7) is 5.50. The fourth-order valence-electron chi connectivity index (χ4n) is 2.02. The average Bonchev–Trinajstić information content (AvgIpc) is 2.43. The number of imidazole rings is 1. The number of fused-ring (bicyclic) bond motifs is 1. The number of halogens is 1. The Labute approximate surface area is 83.9 Å². The van der Waals surface area contributed by atoms with Gasteiger partial charge in [-0.3, -0.25) is 0 Å². The first-order valence-corrected chi connectivity index (χ1v) is 5.34. The van der Waals surface area contributed by atoms with Crippen LogP contribution in [0.2, 0.25) is 5.15 Å². The van der Waals surface area contributed by atoms with Gasteiger partial charge in [-0.1, -0.05) is 25.4 Å². The third-order valence-electron chi connectivity index (χ3n) is 2.81. The van der Waals surface area contributed by atoms with E-state index in [1.165, 1.54) is 12.1 Å². The highest BCUT2D eigenvalue weighted by Crippen LogP contribution is 2.27. The second-order valence-corrected chi connectivity index (χ2v) is 4.23. The molecule has 1 aromatic heterocycles. The van der Waals surface area contributed by atoms with E-state index in [1.807, 2.05) is 0 Å². The molecule has 1 aromatic rings. The molecule has 0 saturated heterocycles. The van der Waals surface area contributed by atoms with Crippen LogP contribution in [0.4, 0.5) is 0 Å². The fourth-order valence-corrected chi connectivity index (χ4v) is 2.29. The van der Waals surface area contributed by atoms with Crippen LogP contribution in [0, 0.1) is 5.92 Å².